The van der Waals surface area contributed by atoms with E-state index in [1.165, 1.54) is 12.5 Å². The second-order valence-corrected chi connectivity index (χ2v) is 6.72. The summed E-state index contributed by atoms with van der Waals surface area (Å²) in [6.45, 7) is 7.98. The molecule has 2 aromatic rings. The first-order valence-electron chi connectivity index (χ1n) is 7.82. The van der Waals surface area contributed by atoms with Crippen LogP contribution in [0.2, 0.25) is 0 Å². The molecule has 7 heteroatoms. The van der Waals surface area contributed by atoms with Gasteiger partial charge in [0.1, 0.15) is 12.0 Å². The fourth-order valence-corrected chi connectivity index (χ4v) is 2.40. The average molecular weight is 325 g/mol. The Morgan fingerprint density at radius 2 is 1.75 bits per heavy atom. The molecule has 1 aromatic carbocycles. The van der Waals surface area contributed by atoms with Gasteiger partial charge in [0.05, 0.1) is 11.2 Å². The van der Waals surface area contributed by atoms with Gasteiger partial charge in [0, 0.05) is 17.3 Å². The first kappa shape index (κ1) is 16.6. The number of hydrogen-bond acceptors (Lipinski definition) is 5. The SMILES string of the molecule is CC1(C)OB(c2ccccc2NC(=O)c2ccncn2)OC1(C)C. The predicted molar refractivity (Wildman–Crippen MR) is 92.1 cm³/mol. The van der Waals surface area contributed by atoms with Gasteiger partial charge >= 0.3 is 7.12 Å². The Morgan fingerprint density at radius 3 is 2.38 bits per heavy atom. The lowest BCUT2D eigenvalue weighted by Crippen LogP contribution is -2.41. The Labute approximate surface area is 141 Å². The Hall–Kier alpha value is -2.25. The van der Waals surface area contributed by atoms with Crippen LogP contribution in [0.4, 0.5) is 5.69 Å². The normalized spacial score (nSPS) is 18.4. The summed E-state index contributed by atoms with van der Waals surface area (Å²) in [6, 6.07) is 9.01. The first-order chi connectivity index (χ1) is 11.3. The van der Waals surface area contributed by atoms with Crippen molar-refractivity contribution < 1.29 is 14.1 Å². The van der Waals surface area contributed by atoms with Crippen molar-refractivity contribution >= 4 is 24.2 Å². The third-order valence-corrected chi connectivity index (χ3v) is 4.53. The minimum atomic E-state index is -0.545. The lowest BCUT2D eigenvalue weighted by molar-refractivity contribution is 0.00578. The highest BCUT2D eigenvalue weighted by atomic mass is 16.7. The molecule has 1 aliphatic heterocycles. The van der Waals surface area contributed by atoms with Crippen LogP contribution in [-0.2, 0) is 9.31 Å². The average Bonchev–Trinajstić information content (AvgIpc) is 2.76. The molecule has 124 valence electrons. The van der Waals surface area contributed by atoms with E-state index in [4.69, 9.17) is 9.31 Å². The molecule has 2 heterocycles. The molecule has 0 bridgehead atoms. The number of rotatable bonds is 3. The largest absolute Gasteiger partial charge is 0.496 e. The van der Waals surface area contributed by atoms with E-state index in [1.54, 1.807) is 6.07 Å². The minimum Gasteiger partial charge on any atom is -0.399 e. The zero-order valence-corrected chi connectivity index (χ0v) is 14.2. The Morgan fingerprint density at radius 1 is 1.08 bits per heavy atom. The lowest BCUT2D eigenvalue weighted by atomic mass is 9.78. The second-order valence-electron chi connectivity index (χ2n) is 6.72. The van der Waals surface area contributed by atoms with Gasteiger partial charge in [-0.05, 0) is 39.8 Å². The number of carbonyl (C=O) groups is 1. The molecule has 0 radical (unpaired) electrons. The van der Waals surface area contributed by atoms with Crippen LogP contribution in [0.25, 0.3) is 0 Å². The van der Waals surface area contributed by atoms with Crippen LogP contribution >= 0.6 is 0 Å². The Bertz CT molecular complexity index is 734. The summed E-state index contributed by atoms with van der Waals surface area (Å²) < 4.78 is 12.2. The van der Waals surface area contributed by atoms with Gasteiger partial charge < -0.3 is 14.6 Å². The van der Waals surface area contributed by atoms with E-state index in [1.807, 2.05) is 52.0 Å². The van der Waals surface area contributed by atoms with Crippen molar-refractivity contribution in [2.24, 2.45) is 0 Å². The lowest BCUT2D eigenvalue weighted by Gasteiger charge is -2.32. The highest BCUT2D eigenvalue weighted by molar-refractivity contribution is 6.64. The standard InChI is InChI=1S/C17H20BN3O3/c1-16(2)17(3,4)24-18(23-16)12-7-5-6-8-13(12)21-15(22)14-9-10-19-11-20-14/h5-11H,1-4H3,(H,21,22). The van der Waals surface area contributed by atoms with Gasteiger partial charge in [-0.1, -0.05) is 18.2 Å². The Balaban J connectivity index is 1.86. The molecule has 1 fully saturated rings. The molecular formula is C17H20BN3O3. The maximum atomic E-state index is 12.4. The molecule has 1 aromatic heterocycles. The number of benzene rings is 1. The quantitative estimate of drug-likeness (QED) is 0.874. The van der Waals surface area contributed by atoms with Gasteiger partial charge in [0.15, 0.2) is 0 Å². The van der Waals surface area contributed by atoms with Gasteiger partial charge in [0.2, 0.25) is 0 Å². The molecule has 1 aliphatic rings. The summed E-state index contributed by atoms with van der Waals surface area (Å²) in [5, 5.41) is 2.87. The number of hydrogen-bond donors (Lipinski definition) is 1. The van der Waals surface area contributed by atoms with Crippen molar-refractivity contribution in [3.8, 4) is 0 Å². The summed E-state index contributed by atoms with van der Waals surface area (Å²) in [6.07, 6.45) is 2.87. The van der Waals surface area contributed by atoms with E-state index in [-0.39, 0.29) is 5.91 Å². The smallest absolute Gasteiger partial charge is 0.399 e. The molecule has 0 atom stereocenters. The molecule has 1 saturated heterocycles. The minimum absolute atomic E-state index is 0.300. The zero-order chi connectivity index (χ0) is 17.4. The highest BCUT2D eigenvalue weighted by Gasteiger charge is 2.52. The molecule has 0 spiro atoms. The van der Waals surface area contributed by atoms with Crippen LogP contribution in [0, 0.1) is 0 Å². The van der Waals surface area contributed by atoms with Crippen molar-refractivity contribution in [2.45, 2.75) is 38.9 Å². The monoisotopic (exact) mass is 325 g/mol. The fraction of sp³-hybridized carbons (Fsp3) is 0.353. The third-order valence-electron chi connectivity index (χ3n) is 4.53. The van der Waals surface area contributed by atoms with Crippen LogP contribution in [0.15, 0.2) is 42.9 Å². The van der Waals surface area contributed by atoms with Crippen molar-refractivity contribution in [3.63, 3.8) is 0 Å². The van der Waals surface area contributed by atoms with E-state index >= 15 is 0 Å². The fourth-order valence-electron chi connectivity index (χ4n) is 2.40. The van der Waals surface area contributed by atoms with E-state index in [9.17, 15) is 4.79 Å². The number of anilines is 1. The summed E-state index contributed by atoms with van der Waals surface area (Å²) in [5.74, 6) is -0.304. The summed E-state index contributed by atoms with van der Waals surface area (Å²) in [7, 11) is -0.545. The van der Waals surface area contributed by atoms with E-state index in [0.717, 1.165) is 5.46 Å². The van der Waals surface area contributed by atoms with Gasteiger partial charge in [-0.15, -0.1) is 0 Å². The topological polar surface area (TPSA) is 73.3 Å². The van der Waals surface area contributed by atoms with E-state index in [0.29, 0.717) is 11.4 Å². The molecular weight excluding hydrogens is 305 g/mol. The van der Waals surface area contributed by atoms with Gasteiger partial charge in [-0.25, -0.2) is 9.97 Å². The number of aromatic nitrogens is 2. The maximum absolute atomic E-state index is 12.4. The predicted octanol–water partition coefficient (Wildman–Crippen LogP) is 2.03. The molecule has 1 amide bonds. The van der Waals surface area contributed by atoms with Gasteiger partial charge in [0.25, 0.3) is 5.91 Å². The number of amides is 1. The van der Waals surface area contributed by atoms with Crippen LogP contribution in [0.3, 0.4) is 0 Å². The molecule has 0 saturated carbocycles. The van der Waals surface area contributed by atoms with Crippen molar-refractivity contribution in [1.82, 2.24) is 9.97 Å². The van der Waals surface area contributed by atoms with Gasteiger partial charge in [-0.2, -0.15) is 0 Å². The molecule has 24 heavy (non-hydrogen) atoms. The van der Waals surface area contributed by atoms with E-state index < -0.39 is 18.3 Å². The summed E-state index contributed by atoms with van der Waals surface area (Å²) in [5.41, 5.74) is 0.829. The number of nitrogens with one attached hydrogen (secondary N) is 1. The van der Waals surface area contributed by atoms with Crippen LogP contribution in [0.5, 0.6) is 0 Å². The van der Waals surface area contributed by atoms with Crippen LogP contribution in [0.1, 0.15) is 38.2 Å². The first-order valence-corrected chi connectivity index (χ1v) is 7.82. The number of para-hydroxylation sites is 1. The van der Waals surface area contributed by atoms with Crippen LogP contribution in [-0.4, -0.2) is 34.2 Å². The molecule has 0 unspecified atom stereocenters. The zero-order valence-electron chi connectivity index (χ0n) is 14.2. The summed E-state index contributed by atoms with van der Waals surface area (Å²) >= 11 is 0. The van der Waals surface area contributed by atoms with Crippen molar-refractivity contribution in [1.29, 1.82) is 0 Å². The highest BCUT2D eigenvalue weighted by Crippen LogP contribution is 2.36. The number of carbonyl (C=O) groups excluding carboxylic acids is 1. The third kappa shape index (κ3) is 3.05. The van der Waals surface area contributed by atoms with Crippen LogP contribution < -0.4 is 10.8 Å². The molecule has 1 N–H and O–H groups in total. The van der Waals surface area contributed by atoms with Crippen molar-refractivity contribution in [2.75, 3.05) is 5.32 Å². The molecule has 3 rings (SSSR count). The van der Waals surface area contributed by atoms with E-state index in [2.05, 4.69) is 15.3 Å². The Kier molecular flexibility index (Phi) is 4.15. The molecule has 0 aliphatic carbocycles. The van der Waals surface area contributed by atoms with Crippen molar-refractivity contribution in [3.05, 3.63) is 48.5 Å². The number of nitrogens with zero attached hydrogens (tertiary/aromatic N) is 2. The summed E-state index contributed by atoms with van der Waals surface area (Å²) in [4.78, 5) is 20.1. The van der Waals surface area contributed by atoms with Gasteiger partial charge in [-0.3, -0.25) is 4.79 Å². The molecule has 6 nitrogen and oxygen atoms in total. The maximum Gasteiger partial charge on any atom is 0.496 e. The second kappa shape index (κ2) is 6.00.